The summed E-state index contributed by atoms with van der Waals surface area (Å²) < 4.78 is 6.30. The zero-order chi connectivity index (χ0) is 21.3. The van der Waals surface area contributed by atoms with Gasteiger partial charge in [-0.3, -0.25) is 14.9 Å². The highest BCUT2D eigenvalue weighted by atomic mass is 35.5. The van der Waals surface area contributed by atoms with Crippen molar-refractivity contribution >= 4 is 68.3 Å². The molecule has 2 aromatic heterocycles. The van der Waals surface area contributed by atoms with Crippen molar-refractivity contribution in [1.29, 1.82) is 0 Å². The van der Waals surface area contributed by atoms with E-state index in [0.29, 0.717) is 36.2 Å². The van der Waals surface area contributed by atoms with Crippen molar-refractivity contribution in [3.63, 3.8) is 0 Å². The molecule has 4 aromatic rings. The number of carbonyl (C=O) groups is 1. The predicted molar refractivity (Wildman–Crippen MR) is 121 cm³/mol. The summed E-state index contributed by atoms with van der Waals surface area (Å²) in [5.74, 6) is 0.00749. The third kappa shape index (κ3) is 4.67. The molecule has 0 fully saturated rings. The minimum absolute atomic E-state index is 0.111. The van der Waals surface area contributed by atoms with Gasteiger partial charge in [0, 0.05) is 21.9 Å². The van der Waals surface area contributed by atoms with Gasteiger partial charge in [-0.25, -0.2) is 0 Å². The number of halogens is 2. The fourth-order valence-electron chi connectivity index (χ4n) is 2.59. The molecule has 30 heavy (non-hydrogen) atoms. The zero-order valence-electron chi connectivity index (χ0n) is 15.4. The van der Waals surface area contributed by atoms with Gasteiger partial charge in [0.1, 0.15) is 5.58 Å². The number of fused-ring (bicyclic) bond motifs is 1. The Morgan fingerprint density at radius 2 is 1.93 bits per heavy atom. The number of amides is 1. The fraction of sp³-hybridized carbons (Fsp3) is 0.100. The molecule has 0 saturated carbocycles. The lowest BCUT2D eigenvalue weighted by molar-refractivity contribution is 0.0997. The first-order valence-corrected chi connectivity index (χ1v) is 11.2. The normalized spacial score (nSPS) is 11.0. The van der Waals surface area contributed by atoms with E-state index in [2.05, 4.69) is 15.5 Å². The molecule has 10 heteroatoms. The Morgan fingerprint density at radius 1 is 1.17 bits per heavy atom. The smallest absolute Gasteiger partial charge is 0.293 e. The largest absolute Gasteiger partial charge is 0.451 e. The molecule has 0 radical (unpaired) electrons. The van der Waals surface area contributed by atoms with Gasteiger partial charge in [-0.2, -0.15) is 0 Å². The number of nitrogens with zero attached hydrogens (tertiary/aromatic N) is 2. The molecule has 0 aliphatic heterocycles. The molecule has 2 heterocycles. The average Bonchev–Trinajstić information content (AvgIpc) is 3.16. The highest BCUT2D eigenvalue weighted by Gasteiger charge is 2.16. The Kier molecular flexibility index (Phi) is 6.10. The first-order valence-electron chi connectivity index (χ1n) is 8.65. The molecule has 6 nitrogen and oxygen atoms in total. The van der Waals surface area contributed by atoms with Crippen molar-refractivity contribution in [2.75, 3.05) is 5.32 Å². The van der Waals surface area contributed by atoms with Crippen LogP contribution in [-0.2, 0) is 5.75 Å². The summed E-state index contributed by atoms with van der Waals surface area (Å²) in [6.45, 7) is 1.79. The number of rotatable bonds is 5. The standard InChI is InChI=1S/C20H13Cl2N3O3S2/c1-10-6-16-13(7-14(10)22)15(26)8-17(28-16)18(27)23-19-24-25-20(30-19)29-9-11-2-4-12(21)5-3-11/h2-8H,9H2,1H3,(H,23,24,27). The number of benzene rings is 2. The minimum atomic E-state index is -0.577. The van der Waals surface area contributed by atoms with Crippen LogP contribution in [0.4, 0.5) is 5.13 Å². The van der Waals surface area contributed by atoms with E-state index in [-0.39, 0.29) is 11.2 Å². The van der Waals surface area contributed by atoms with Gasteiger partial charge in [-0.15, -0.1) is 10.2 Å². The zero-order valence-corrected chi connectivity index (χ0v) is 18.6. The third-order valence-corrected chi connectivity index (χ3v) is 6.84. The second kappa shape index (κ2) is 8.77. The van der Waals surface area contributed by atoms with Gasteiger partial charge < -0.3 is 4.42 Å². The number of nitrogens with one attached hydrogen (secondary N) is 1. The molecule has 4 rings (SSSR count). The Balaban J connectivity index is 1.47. The Labute approximate surface area is 189 Å². The lowest BCUT2D eigenvalue weighted by Gasteiger charge is -2.04. The number of anilines is 1. The van der Waals surface area contributed by atoms with Gasteiger partial charge in [0.25, 0.3) is 5.91 Å². The van der Waals surface area contributed by atoms with E-state index in [1.54, 1.807) is 13.0 Å². The maximum atomic E-state index is 12.5. The van der Waals surface area contributed by atoms with Crippen LogP contribution in [0.3, 0.4) is 0 Å². The highest BCUT2D eigenvalue weighted by molar-refractivity contribution is 8.00. The molecule has 0 saturated heterocycles. The SMILES string of the molecule is Cc1cc2oc(C(=O)Nc3nnc(SCc4ccc(Cl)cc4)s3)cc(=O)c2cc1Cl. The number of hydrogen-bond donors (Lipinski definition) is 1. The first kappa shape index (κ1) is 20.9. The van der Waals surface area contributed by atoms with Gasteiger partial charge >= 0.3 is 0 Å². The molecule has 1 N–H and O–H groups in total. The van der Waals surface area contributed by atoms with Crippen LogP contribution >= 0.6 is 46.3 Å². The lowest BCUT2D eigenvalue weighted by Crippen LogP contribution is -2.15. The first-order chi connectivity index (χ1) is 14.4. The number of thioether (sulfide) groups is 1. The number of hydrogen-bond acceptors (Lipinski definition) is 7. The van der Waals surface area contributed by atoms with Gasteiger partial charge in [-0.1, -0.05) is 58.4 Å². The molecular formula is C20H13Cl2N3O3S2. The van der Waals surface area contributed by atoms with Crippen molar-refractivity contribution in [3.05, 3.63) is 79.6 Å². The summed E-state index contributed by atoms with van der Waals surface area (Å²) in [5, 5.41) is 12.4. The third-order valence-electron chi connectivity index (χ3n) is 4.13. The van der Waals surface area contributed by atoms with Gasteiger partial charge in [0.2, 0.25) is 5.13 Å². The van der Waals surface area contributed by atoms with E-state index < -0.39 is 5.91 Å². The van der Waals surface area contributed by atoms with E-state index >= 15 is 0 Å². The van der Waals surface area contributed by atoms with Gasteiger partial charge in [0.05, 0.1) is 5.39 Å². The van der Waals surface area contributed by atoms with Crippen LogP contribution in [0, 0.1) is 6.92 Å². The molecule has 0 atom stereocenters. The molecule has 0 unspecified atom stereocenters. The van der Waals surface area contributed by atoms with Crippen molar-refractivity contribution < 1.29 is 9.21 Å². The van der Waals surface area contributed by atoms with Crippen molar-refractivity contribution in [1.82, 2.24) is 10.2 Å². The topological polar surface area (TPSA) is 85.1 Å². The molecule has 0 bridgehead atoms. The van der Waals surface area contributed by atoms with E-state index in [1.807, 2.05) is 24.3 Å². The summed E-state index contributed by atoms with van der Waals surface area (Å²) >= 11 is 14.7. The fourth-order valence-corrected chi connectivity index (χ4v) is 4.58. The summed E-state index contributed by atoms with van der Waals surface area (Å²) in [4.78, 5) is 24.9. The average molecular weight is 478 g/mol. The van der Waals surface area contributed by atoms with E-state index in [1.165, 1.54) is 29.2 Å². The maximum Gasteiger partial charge on any atom is 0.293 e. The summed E-state index contributed by atoms with van der Waals surface area (Å²) in [6, 6.07) is 11.8. The Morgan fingerprint density at radius 3 is 2.70 bits per heavy atom. The quantitative estimate of drug-likeness (QED) is 0.288. The predicted octanol–water partition coefficient (Wildman–Crippen LogP) is 5.80. The molecule has 2 aromatic carbocycles. The van der Waals surface area contributed by atoms with Crippen molar-refractivity contribution in [3.8, 4) is 0 Å². The molecule has 1 amide bonds. The Hall–Kier alpha value is -2.39. The summed E-state index contributed by atoms with van der Waals surface area (Å²) in [5.41, 5.74) is 1.79. The van der Waals surface area contributed by atoms with Gasteiger partial charge in [0.15, 0.2) is 15.5 Å². The molecular weight excluding hydrogens is 465 g/mol. The highest BCUT2D eigenvalue weighted by Crippen LogP contribution is 2.29. The molecule has 0 aliphatic rings. The molecule has 152 valence electrons. The molecule has 0 spiro atoms. The van der Waals surface area contributed by atoms with Crippen LogP contribution in [0.2, 0.25) is 10.0 Å². The van der Waals surface area contributed by atoms with Crippen LogP contribution in [0.5, 0.6) is 0 Å². The van der Waals surface area contributed by atoms with Crippen molar-refractivity contribution in [2.24, 2.45) is 0 Å². The van der Waals surface area contributed by atoms with Crippen LogP contribution < -0.4 is 10.7 Å². The maximum absolute atomic E-state index is 12.5. The summed E-state index contributed by atoms with van der Waals surface area (Å²) in [7, 11) is 0. The van der Waals surface area contributed by atoms with Crippen molar-refractivity contribution in [2.45, 2.75) is 17.0 Å². The van der Waals surface area contributed by atoms with E-state index in [9.17, 15) is 9.59 Å². The van der Waals surface area contributed by atoms with Gasteiger partial charge in [-0.05, 0) is 42.3 Å². The van der Waals surface area contributed by atoms with E-state index in [4.69, 9.17) is 27.6 Å². The van der Waals surface area contributed by atoms with Crippen LogP contribution in [0.1, 0.15) is 21.7 Å². The molecule has 0 aliphatic carbocycles. The lowest BCUT2D eigenvalue weighted by atomic mass is 10.1. The minimum Gasteiger partial charge on any atom is -0.451 e. The van der Waals surface area contributed by atoms with Crippen LogP contribution in [0.15, 0.2) is 56.0 Å². The second-order valence-corrected chi connectivity index (χ2v) is 9.36. The second-order valence-electron chi connectivity index (χ2n) is 6.31. The number of aromatic nitrogens is 2. The summed E-state index contributed by atoms with van der Waals surface area (Å²) in [6.07, 6.45) is 0. The van der Waals surface area contributed by atoms with Crippen LogP contribution in [-0.4, -0.2) is 16.1 Å². The number of carbonyl (C=O) groups excluding carboxylic acids is 1. The van der Waals surface area contributed by atoms with E-state index in [0.717, 1.165) is 17.2 Å². The number of aryl methyl sites for hydroxylation is 1. The monoisotopic (exact) mass is 477 g/mol. The van der Waals surface area contributed by atoms with Crippen LogP contribution in [0.25, 0.3) is 11.0 Å². The Bertz CT molecular complexity index is 1300.